The molecule has 1 aliphatic rings. The Morgan fingerprint density at radius 3 is 2.88 bits per heavy atom. The number of aromatic amines is 1. The molecule has 6 nitrogen and oxygen atoms in total. The van der Waals surface area contributed by atoms with E-state index in [-0.39, 0.29) is 11.3 Å². The van der Waals surface area contributed by atoms with Crippen LogP contribution in [0.5, 0.6) is 0 Å². The summed E-state index contributed by atoms with van der Waals surface area (Å²) >= 11 is 0. The number of aldehydes is 1. The van der Waals surface area contributed by atoms with Crippen LogP contribution in [0.25, 0.3) is 11.0 Å². The molecule has 0 bridgehead atoms. The molecule has 2 heterocycles. The largest absolute Gasteiger partial charge is 0.343 e. The van der Waals surface area contributed by atoms with Crippen molar-refractivity contribution in [3.63, 3.8) is 0 Å². The standard InChI is InChI=1S/C20H28N4O2/c1-13(2)10-24-9-8-20(4,12-24)19-22-16-7-5-6-15(17(16)23-19)18(26)21-14(3)11-25/h5-7,11,13-14H,8-10,12H2,1-4H3,(H,21,26)(H,22,23). The zero-order valence-corrected chi connectivity index (χ0v) is 16.0. The zero-order valence-electron chi connectivity index (χ0n) is 16.0. The summed E-state index contributed by atoms with van der Waals surface area (Å²) in [6, 6.07) is 5.01. The van der Waals surface area contributed by atoms with Crippen LogP contribution in [0.2, 0.25) is 0 Å². The smallest absolute Gasteiger partial charge is 0.254 e. The summed E-state index contributed by atoms with van der Waals surface area (Å²) in [4.78, 5) is 34.0. The Kier molecular flexibility index (Phi) is 5.14. The number of imidazole rings is 1. The number of hydrogen-bond acceptors (Lipinski definition) is 4. The topological polar surface area (TPSA) is 78.1 Å². The molecule has 6 heteroatoms. The van der Waals surface area contributed by atoms with E-state index in [0.29, 0.717) is 17.0 Å². The van der Waals surface area contributed by atoms with Crippen molar-refractivity contribution in [2.75, 3.05) is 19.6 Å². The maximum Gasteiger partial charge on any atom is 0.254 e. The quantitative estimate of drug-likeness (QED) is 0.780. The molecule has 1 fully saturated rings. The minimum atomic E-state index is -0.520. The normalized spacial score (nSPS) is 22.0. The van der Waals surface area contributed by atoms with Gasteiger partial charge in [-0.15, -0.1) is 0 Å². The third-order valence-corrected chi connectivity index (χ3v) is 5.07. The van der Waals surface area contributed by atoms with Gasteiger partial charge in [0.15, 0.2) is 0 Å². The van der Waals surface area contributed by atoms with Crippen molar-refractivity contribution in [2.24, 2.45) is 5.92 Å². The third-order valence-electron chi connectivity index (χ3n) is 5.07. The van der Waals surface area contributed by atoms with E-state index in [1.807, 2.05) is 12.1 Å². The third kappa shape index (κ3) is 3.65. The maximum absolute atomic E-state index is 12.5. The van der Waals surface area contributed by atoms with Gasteiger partial charge in [0.2, 0.25) is 0 Å². The molecule has 1 amide bonds. The molecule has 0 spiro atoms. The fourth-order valence-corrected chi connectivity index (χ4v) is 3.74. The molecule has 1 aromatic carbocycles. The maximum atomic E-state index is 12.5. The minimum Gasteiger partial charge on any atom is -0.343 e. The van der Waals surface area contributed by atoms with Gasteiger partial charge in [-0.1, -0.05) is 26.8 Å². The van der Waals surface area contributed by atoms with Crippen LogP contribution < -0.4 is 5.32 Å². The SMILES string of the molecule is CC(C)CN1CCC(C)(c2nc3c(C(=O)NC(C)C=O)cccc3[nH]2)C1. The predicted octanol–water partition coefficient (Wildman–Crippen LogP) is 2.50. The summed E-state index contributed by atoms with van der Waals surface area (Å²) in [6.07, 6.45) is 1.76. The van der Waals surface area contributed by atoms with Crippen molar-refractivity contribution in [3.05, 3.63) is 29.6 Å². The monoisotopic (exact) mass is 356 g/mol. The summed E-state index contributed by atoms with van der Waals surface area (Å²) in [5, 5.41) is 2.69. The first kappa shape index (κ1) is 18.6. The minimum absolute atomic E-state index is 0.0439. The molecule has 2 unspecified atom stereocenters. The van der Waals surface area contributed by atoms with Crippen LogP contribution in [0.15, 0.2) is 18.2 Å². The van der Waals surface area contributed by atoms with Crippen LogP contribution in [0.3, 0.4) is 0 Å². The van der Waals surface area contributed by atoms with E-state index < -0.39 is 6.04 Å². The zero-order chi connectivity index (χ0) is 18.9. The molecule has 3 rings (SSSR count). The van der Waals surface area contributed by atoms with Gasteiger partial charge in [-0.25, -0.2) is 4.98 Å². The number of carbonyl (C=O) groups excluding carboxylic acids is 2. The lowest BCUT2D eigenvalue weighted by molar-refractivity contribution is -0.109. The van der Waals surface area contributed by atoms with E-state index in [1.54, 1.807) is 13.0 Å². The number of hydrogen-bond donors (Lipinski definition) is 2. The van der Waals surface area contributed by atoms with E-state index in [0.717, 1.165) is 43.7 Å². The van der Waals surface area contributed by atoms with Crippen LogP contribution in [0, 0.1) is 5.92 Å². The highest BCUT2D eigenvalue weighted by atomic mass is 16.2. The van der Waals surface area contributed by atoms with Gasteiger partial charge in [0.25, 0.3) is 5.91 Å². The van der Waals surface area contributed by atoms with E-state index in [4.69, 9.17) is 4.98 Å². The molecule has 0 saturated carbocycles. The van der Waals surface area contributed by atoms with Crippen molar-refractivity contribution in [1.29, 1.82) is 0 Å². The number of amides is 1. The van der Waals surface area contributed by atoms with Crippen LogP contribution in [-0.2, 0) is 10.2 Å². The van der Waals surface area contributed by atoms with Crippen LogP contribution in [-0.4, -0.2) is 52.7 Å². The highest BCUT2D eigenvalue weighted by molar-refractivity contribution is 6.05. The number of para-hydroxylation sites is 1. The molecule has 1 aliphatic heterocycles. The summed E-state index contributed by atoms with van der Waals surface area (Å²) < 4.78 is 0. The lowest BCUT2D eigenvalue weighted by Crippen LogP contribution is -2.33. The first-order valence-corrected chi connectivity index (χ1v) is 9.30. The second kappa shape index (κ2) is 7.19. The molecule has 2 N–H and O–H groups in total. The van der Waals surface area contributed by atoms with E-state index in [9.17, 15) is 9.59 Å². The lowest BCUT2D eigenvalue weighted by Gasteiger charge is -2.23. The fraction of sp³-hybridized carbons (Fsp3) is 0.550. The molecular formula is C20H28N4O2. The summed E-state index contributed by atoms with van der Waals surface area (Å²) in [5.74, 6) is 1.30. The second-order valence-corrected chi connectivity index (χ2v) is 8.12. The molecule has 2 atom stereocenters. The summed E-state index contributed by atoms with van der Waals surface area (Å²) in [5.41, 5.74) is 1.98. The molecule has 1 saturated heterocycles. The lowest BCUT2D eigenvalue weighted by atomic mass is 9.89. The number of aromatic nitrogens is 2. The van der Waals surface area contributed by atoms with Crippen molar-refractivity contribution < 1.29 is 9.59 Å². The van der Waals surface area contributed by atoms with Crippen LogP contribution in [0.4, 0.5) is 0 Å². The van der Waals surface area contributed by atoms with Gasteiger partial charge in [0, 0.05) is 18.5 Å². The Balaban J connectivity index is 1.89. The Bertz CT molecular complexity index is 813. The highest BCUT2D eigenvalue weighted by Gasteiger charge is 2.38. The molecule has 140 valence electrons. The Morgan fingerprint density at radius 1 is 1.42 bits per heavy atom. The average Bonchev–Trinajstić information content (AvgIpc) is 3.18. The first-order valence-electron chi connectivity index (χ1n) is 9.30. The Hall–Kier alpha value is -2.21. The molecule has 0 radical (unpaired) electrons. The number of H-pyrrole nitrogens is 1. The van der Waals surface area contributed by atoms with Crippen molar-refractivity contribution >= 4 is 23.2 Å². The Labute approximate surface area is 154 Å². The molecule has 0 aliphatic carbocycles. The van der Waals surface area contributed by atoms with Gasteiger partial charge in [-0.2, -0.15) is 0 Å². The highest BCUT2D eigenvalue weighted by Crippen LogP contribution is 2.34. The first-order chi connectivity index (χ1) is 12.3. The molecule has 2 aromatic rings. The van der Waals surface area contributed by atoms with Gasteiger partial charge in [0.1, 0.15) is 17.6 Å². The number of likely N-dealkylation sites (tertiary alicyclic amines) is 1. The molecular weight excluding hydrogens is 328 g/mol. The van der Waals surface area contributed by atoms with Gasteiger partial charge < -0.3 is 20.0 Å². The van der Waals surface area contributed by atoms with Gasteiger partial charge >= 0.3 is 0 Å². The molecule has 1 aromatic heterocycles. The number of carbonyl (C=O) groups is 2. The van der Waals surface area contributed by atoms with E-state index >= 15 is 0 Å². The number of nitrogens with zero attached hydrogens (tertiary/aromatic N) is 2. The predicted molar refractivity (Wildman–Crippen MR) is 102 cm³/mol. The summed E-state index contributed by atoms with van der Waals surface area (Å²) in [7, 11) is 0. The van der Waals surface area contributed by atoms with Crippen LogP contribution in [0.1, 0.15) is 50.3 Å². The van der Waals surface area contributed by atoms with Crippen LogP contribution >= 0.6 is 0 Å². The number of nitrogens with one attached hydrogen (secondary N) is 2. The van der Waals surface area contributed by atoms with Gasteiger partial charge in [-0.3, -0.25) is 4.79 Å². The summed E-state index contributed by atoms with van der Waals surface area (Å²) in [6.45, 7) is 11.5. The number of benzene rings is 1. The average molecular weight is 356 g/mol. The van der Waals surface area contributed by atoms with Crippen molar-refractivity contribution in [3.8, 4) is 0 Å². The van der Waals surface area contributed by atoms with E-state index in [1.165, 1.54) is 0 Å². The van der Waals surface area contributed by atoms with Crippen molar-refractivity contribution in [2.45, 2.75) is 45.6 Å². The van der Waals surface area contributed by atoms with Crippen molar-refractivity contribution in [1.82, 2.24) is 20.2 Å². The van der Waals surface area contributed by atoms with Gasteiger partial charge in [-0.05, 0) is 37.9 Å². The van der Waals surface area contributed by atoms with Gasteiger partial charge in [0.05, 0.1) is 17.1 Å². The Morgan fingerprint density at radius 2 is 2.19 bits per heavy atom. The second-order valence-electron chi connectivity index (χ2n) is 8.12. The number of rotatable bonds is 6. The molecule has 26 heavy (non-hydrogen) atoms. The fourth-order valence-electron chi connectivity index (χ4n) is 3.74. The van der Waals surface area contributed by atoms with E-state index in [2.05, 4.69) is 36.0 Å². The number of fused-ring (bicyclic) bond motifs is 1.